The predicted octanol–water partition coefficient (Wildman–Crippen LogP) is 1.77. The number of aromatic nitrogens is 2. The molecule has 0 bridgehead atoms. The zero-order chi connectivity index (χ0) is 11.4. The largest absolute Gasteiger partial charge is 0.349 e. The molecule has 16 heavy (non-hydrogen) atoms. The molecular weight excluding hydrogens is 202 g/mol. The number of benzene rings is 1. The van der Waals surface area contributed by atoms with Gasteiger partial charge in [0.2, 0.25) is 5.82 Å². The van der Waals surface area contributed by atoms with Gasteiger partial charge in [0.15, 0.2) is 0 Å². The van der Waals surface area contributed by atoms with Crippen LogP contribution in [0.3, 0.4) is 0 Å². The van der Waals surface area contributed by atoms with Crippen molar-refractivity contribution in [3.63, 3.8) is 0 Å². The summed E-state index contributed by atoms with van der Waals surface area (Å²) >= 11 is 0. The lowest BCUT2D eigenvalue weighted by molar-refractivity contribution is 0.0943. The van der Waals surface area contributed by atoms with Gasteiger partial charge in [0.1, 0.15) is 0 Å². The van der Waals surface area contributed by atoms with Gasteiger partial charge in [-0.3, -0.25) is 4.79 Å². The van der Waals surface area contributed by atoms with E-state index in [1.807, 2.05) is 31.2 Å². The minimum absolute atomic E-state index is 0.215. The number of nitrogens with zero attached hydrogens (tertiary/aromatic N) is 2. The molecule has 0 aliphatic rings. The van der Waals surface area contributed by atoms with E-state index in [0.29, 0.717) is 6.54 Å². The summed E-state index contributed by atoms with van der Waals surface area (Å²) in [6.07, 6.45) is 2.57. The number of hydrogen-bond donors (Lipinski definition) is 1. The summed E-state index contributed by atoms with van der Waals surface area (Å²) in [4.78, 5) is 19.9. The number of rotatable bonds is 3. The van der Waals surface area contributed by atoms with Crippen LogP contribution in [-0.4, -0.2) is 22.4 Å². The SMILES string of the molecule is CCCNC(=O)c1ncc2ccccc2n1. The third-order valence-corrected chi connectivity index (χ3v) is 2.23. The fourth-order valence-corrected chi connectivity index (χ4v) is 1.40. The molecular formula is C12H13N3O. The molecule has 0 spiro atoms. The van der Waals surface area contributed by atoms with Crippen LogP contribution in [0.2, 0.25) is 0 Å². The third kappa shape index (κ3) is 2.16. The lowest BCUT2D eigenvalue weighted by Gasteiger charge is -2.02. The number of nitrogens with one attached hydrogen (secondary N) is 1. The van der Waals surface area contributed by atoms with Gasteiger partial charge in [-0.1, -0.05) is 25.1 Å². The van der Waals surface area contributed by atoms with Crippen LogP contribution in [0.5, 0.6) is 0 Å². The molecule has 0 radical (unpaired) electrons. The first-order valence-electron chi connectivity index (χ1n) is 5.31. The van der Waals surface area contributed by atoms with E-state index >= 15 is 0 Å². The van der Waals surface area contributed by atoms with Crippen LogP contribution in [0.4, 0.5) is 0 Å². The highest BCUT2D eigenvalue weighted by Gasteiger charge is 2.08. The highest BCUT2D eigenvalue weighted by Crippen LogP contribution is 2.09. The van der Waals surface area contributed by atoms with Crippen molar-refractivity contribution < 1.29 is 4.79 Å². The summed E-state index contributed by atoms with van der Waals surface area (Å²) < 4.78 is 0. The number of hydrogen-bond acceptors (Lipinski definition) is 3. The summed E-state index contributed by atoms with van der Waals surface area (Å²) in [5.41, 5.74) is 0.791. The van der Waals surface area contributed by atoms with Gasteiger partial charge in [-0.2, -0.15) is 0 Å². The predicted molar refractivity (Wildman–Crippen MR) is 62.2 cm³/mol. The molecule has 1 amide bonds. The maximum atomic E-state index is 11.6. The lowest BCUT2D eigenvalue weighted by atomic mass is 10.2. The quantitative estimate of drug-likeness (QED) is 0.848. The van der Waals surface area contributed by atoms with Gasteiger partial charge in [0.25, 0.3) is 5.91 Å². The maximum absolute atomic E-state index is 11.6. The third-order valence-electron chi connectivity index (χ3n) is 2.23. The van der Waals surface area contributed by atoms with E-state index in [4.69, 9.17) is 0 Å². The van der Waals surface area contributed by atoms with E-state index < -0.39 is 0 Å². The van der Waals surface area contributed by atoms with Crippen LogP contribution >= 0.6 is 0 Å². The molecule has 1 aromatic heterocycles. The van der Waals surface area contributed by atoms with Gasteiger partial charge >= 0.3 is 0 Å². The second-order valence-corrected chi connectivity index (χ2v) is 3.51. The van der Waals surface area contributed by atoms with Gasteiger partial charge in [-0.05, 0) is 12.5 Å². The highest BCUT2D eigenvalue weighted by molar-refractivity contribution is 5.92. The zero-order valence-corrected chi connectivity index (χ0v) is 9.10. The van der Waals surface area contributed by atoms with Crippen molar-refractivity contribution in [1.29, 1.82) is 0 Å². The van der Waals surface area contributed by atoms with Crippen molar-refractivity contribution in [3.8, 4) is 0 Å². The Bertz CT molecular complexity index is 510. The zero-order valence-electron chi connectivity index (χ0n) is 9.10. The van der Waals surface area contributed by atoms with Crippen molar-refractivity contribution in [2.75, 3.05) is 6.54 Å². The number of para-hydroxylation sites is 1. The Balaban J connectivity index is 2.28. The van der Waals surface area contributed by atoms with E-state index in [-0.39, 0.29) is 11.7 Å². The van der Waals surface area contributed by atoms with Crippen LogP contribution in [0, 0.1) is 0 Å². The molecule has 0 aliphatic carbocycles. The first-order chi connectivity index (χ1) is 7.81. The van der Waals surface area contributed by atoms with Gasteiger partial charge < -0.3 is 5.32 Å². The Hall–Kier alpha value is -1.97. The summed E-state index contributed by atoms with van der Waals surface area (Å²) in [6, 6.07) is 7.60. The topological polar surface area (TPSA) is 54.9 Å². The molecule has 0 atom stereocenters. The maximum Gasteiger partial charge on any atom is 0.289 e. The van der Waals surface area contributed by atoms with Crippen molar-refractivity contribution in [2.24, 2.45) is 0 Å². The Kier molecular flexibility index (Phi) is 3.10. The van der Waals surface area contributed by atoms with Crippen molar-refractivity contribution in [1.82, 2.24) is 15.3 Å². The van der Waals surface area contributed by atoms with E-state index in [9.17, 15) is 4.79 Å². The van der Waals surface area contributed by atoms with Gasteiger partial charge in [0, 0.05) is 18.1 Å². The fourth-order valence-electron chi connectivity index (χ4n) is 1.40. The molecule has 1 aromatic carbocycles. The van der Waals surface area contributed by atoms with Crippen LogP contribution in [-0.2, 0) is 0 Å². The first-order valence-corrected chi connectivity index (χ1v) is 5.31. The second-order valence-electron chi connectivity index (χ2n) is 3.51. The normalized spacial score (nSPS) is 10.3. The molecule has 0 fully saturated rings. The summed E-state index contributed by atoms with van der Waals surface area (Å²) in [5, 5.41) is 3.69. The molecule has 0 saturated carbocycles. The minimum atomic E-state index is -0.215. The van der Waals surface area contributed by atoms with Crippen molar-refractivity contribution in [2.45, 2.75) is 13.3 Å². The molecule has 0 aliphatic heterocycles. The number of fused-ring (bicyclic) bond motifs is 1. The van der Waals surface area contributed by atoms with E-state index in [1.165, 1.54) is 0 Å². The number of amides is 1. The number of carbonyl (C=O) groups is 1. The van der Waals surface area contributed by atoms with Gasteiger partial charge in [-0.25, -0.2) is 9.97 Å². The minimum Gasteiger partial charge on any atom is -0.349 e. The molecule has 1 heterocycles. The molecule has 2 aromatic rings. The van der Waals surface area contributed by atoms with E-state index in [1.54, 1.807) is 6.20 Å². The van der Waals surface area contributed by atoms with Gasteiger partial charge in [-0.15, -0.1) is 0 Å². The Morgan fingerprint density at radius 3 is 3.00 bits per heavy atom. The second kappa shape index (κ2) is 4.70. The van der Waals surface area contributed by atoms with E-state index in [0.717, 1.165) is 17.3 Å². The number of carbonyl (C=O) groups excluding carboxylic acids is 1. The van der Waals surface area contributed by atoms with Crippen LogP contribution in [0.1, 0.15) is 24.0 Å². The van der Waals surface area contributed by atoms with Gasteiger partial charge in [0.05, 0.1) is 5.52 Å². The summed E-state index contributed by atoms with van der Waals surface area (Å²) in [7, 11) is 0. The van der Waals surface area contributed by atoms with Crippen LogP contribution < -0.4 is 5.32 Å². The smallest absolute Gasteiger partial charge is 0.289 e. The van der Waals surface area contributed by atoms with Crippen LogP contribution in [0.15, 0.2) is 30.5 Å². The average Bonchev–Trinajstić information content (AvgIpc) is 2.35. The lowest BCUT2D eigenvalue weighted by Crippen LogP contribution is -2.25. The van der Waals surface area contributed by atoms with Crippen molar-refractivity contribution in [3.05, 3.63) is 36.3 Å². The Morgan fingerprint density at radius 2 is 2.19 bits per heavy atom. The molecule has 0 unspecified atom stereocenters. The molecule has 0 saturated heterocycles. The Morgan fingerprint density at radius 1 is 1.38 bits per heavy atom. The monoisotopic (exact) mass is 215 g/mol. The summed E-state index contributed by atoms with van der Waals surface area (Å²) in [5.74, 6) is 0.0137. The fraction of sp³-hybridized carbons (Fsp3) is 0.250. The molecule has 4 heteroatoms. The first kappa shape index (κ1) is 10.5. The Labute approximate surface area is 93.7 Å². The van der Waals surface area contributed by atoms with Crippen molar-refractivity contribution >= 4 is 16.8 Å². The van der Waals surface area contributed by atoms with E-state index in [2.05, 4.69) is 15.3 Å². The standard InChI is InChI=1S/C12H13N3O/c1-2-7-13-12(16)11-14-8-9-5-3-4-6-10(9)15-11/h3-6,8H,2,7H2,1H3,(H,13,16). The average molecular weight is 215 g/mol. The molecule has 82 valence electrons. The highest BCUT2D eigenvalue weighted by atomic mass is 16.2. The molecule has 1 N–H and O–H groups in total. The van der Waals surface area contributed by atoms with Crippen LogP contribution in [0.25, 0.3) is 10.9 Å². The molecule has 4 nitrogen and oxygen atoms in total. The summed E-state index contributed by atoms with van der Waals surface area (Å²) in [6.45, 7) is 2.65. The molecule has 2 rings (SSSR count).